The summed E-state index contributed by atoms with van der Waals surface area (Å²) < 4.78 is 5.36. The predicted molar refractivity (Wildman–Crippen MR) is 70.0 cm³/mol. The molecule has 1 aliphatic rings. The number of hydrogen-bond donors (Lipinski definition) is 2. The monoisotopic (exact) mass is 259 g/mol. The molecule has 2 aromatic rings. The molecular formula is C14H17N3O2. The Morgan fingerprint density at radius 1 is 1.32 bits per heavy atom. The molecule has 0 saturated carbocycles. The molecule has 1 aromatic carbocycles. The number of phenols is 1. The lowest BCUT2D eigenvalue weighted by molar-refractivity contribution is 0.337. The van der Waals surface area contributed by atoms with Crippen molar-refractivity contribution >= 4 is 0 Å². The van der Waals surface area contributed by atoms with Crippen molar-refractivity contribution in [2.75, 3.05) is 13.1 Å². The number of hydrogen-bond acceptors (Lipinski definition) is 5. The summed E-state index contributed by atoms with van der Waals surface area (Å²) in [5.41, 5.74) is 1.06. The number of nitrogens with zero attached hydrogens (tertiary/aromatic N) is 2. The Balaban J connectivity index is 1.72. The topological polar surface area (TPSA) is 71.2 Å². The number of aromatic nitrogens is 2. The SMILES string of the molecule is CC1CNCC1c1nc(Cc2ccc(O)cc2)no1. The van der Waals surface area contributed by atoms with Crippen LogP contribution in [-0.4, -0.2) is 28.3 Å². The molecule has 100 valence electrons. The van der Waals surface area contributed by atoms with E-state index in [1.54, 1.807) is 12.1 Å². The summed E-state index contributed by atoms with van der Waals surface area (Å²) in [6, 6.07) is 7.06. The van der Waals surface area contributed by atoms with Gasteiger partial charge in [-0.05, 0) is 30.2 Å². The van der Waals surface area contributed by atoms with E-state index in [4.69, 9.17) is 4.52 Å². The summed E-state index contributed by atoms with van der Waals surface area (Å²) in [7, 11) is 0. The van der Waals surface area contributed by atoms with Gasteiger partial charge in [0.2, 0.25) is 5.89 Å². The van der Waals surface area contributed by atoms with Gasteiger partial charge in [-0.3, -0.25) is 0 Å². The molecule has 1 aliphatic heterocycles. The molecule has 2 unspecified atom stereocenters. The first-order chi connectivity index (χ1) is 9.22. The lowest BCUT2D eigenvalue weighted by Crippen LogP contribution is -2.08. The Morgan fingerprint density at radius 2 is 2.11 bits per heavy atom. The van der Waals surface area contributed by atoms with Gasteiger partial charge < -0.3 is 14.9 Å². The smallest absolute Gasteiger partial charge is 0.231 e. The van der Waals surface area contributed by atoms with Crippen molar-refractivity contribution in [3.63, 3.8) is 0 Å². The van der Waals surface area contributed by atoms with E-state index in [-0.39, 0.29) is 5.75 Å². The Kier molecular flexibility index (Phi) is 3.21. The molecular weight excluding hydrogens is 242 g/mol. The van der Waals surface area contributed by atoms with E-state index in [1.807, 2.05) is 12.1 Å². The molecule has 5 heteroatoms. The van der Waals surface area contributed by atoms with Gasteiger partial charge in [0, 0.05) is 13.0 Å². The molecule has 1 saturated heterocycles. The third-order valence-electron chi connectivity index (χ3n) is 3.62. The van der Waals surface area contributed by atoms with Gasteiger partial charge in [-0.25, -0.2) is 0 Å². The van der Waals surface area contributed by atoms with Crippen molar-refractivity contribution in [1.29, 1.82) is 0 Å². The molecule has 3 rings (SSSR count). The number of aromatic hydroxyl groups is 1. The van der Waals surface area contributed by atoms with E-state index in [2.05, 4.69) is 22.4 Å². The molecule has 1 aromatic heterocycles. The Hall–Kier alpha value is -1.88. The van der Waals surface area contributed by atoms with Crippen LogP contribution >= 0.6 is 0 Å². The zero-order chi connectivity index (χ0) is 13.2. The van der Waals surface area contributed by atoms with E-state index in [0.717, 1.165) is 24.5 Å². The van der Waals surface area contributed by atoms with Gasteiger partial charge >= 0.3 is 0 Å². The summed E-state index contributed by atoms with van der Waals surface area (Å²) in [6.45, 7) is 4.09. The van der Waals surface area contributed by atoms with Gasteiger partial charge in [-0.1, -0.05) is 24.2 Å². The first-order valence-electron chi connectivity index (χ1n) is 6.53. The Bertz CT molecular complexity index is 550. The highest BCUT2D eigenvalue weighted by Gasteiger charge is 2.29. The van der Waals surface area contributed by atoms with E-state index in [9.17, 15) is 5.11 Å². The first kappa shape index (κ1) is 12.2. The quantitative estimate of drug-likeness (QED) is 0.877. The van der Waals surface area contributed by atoms with Crippen molar-refractivity contribution in [3.05, 3.63) is 41.5 Å². The molecule has 2 heterocycles. The van der Waals surface area contributed by atoms with E-state index >= 15 is 0 Å². The highest BCUT2D eigenvalue weighted by atomic mass is 16.5. The molecule has 0 bridgehead atoms. The van der Waals surface area contributed by atoms with Gasteiger partial charge in [0.1, 0.15) is 5.75 Å². The zero-order valence-corrected chi connectivity index (χ0v) is 10.8. The van der Waals surface area contributed by atoms with Crippen molar-refractivity contribution in [2.24, 2.45) is 5.92 Å². The van der Waals surface area contributed by atoms with Crippen molar-refractivity contribution < 1.29 is 9.63 Å². The molecule has 2 N–H and O–H groups in total. The number of benzene rings is 1. The Morgan fingerprint density at radius 3 is 2.79 bits per heavy atom. The second kappa shape index (κ2) is 5.01. The van der Waals surface area contributed by atoms with Crippen LogP contribution in [0.2, 0.25) is 0 Å². The number of nitrogens with one attached hydrogen (secondary N) is 1. The summed E-state index contributed by atoms with van der Waals surface area (Å²) in [5, 5.41) is 16.6. The minimum absolute atomic E-state index is 0.267. The third kappa shape index (κ3) is 2.61. The zero-order valence-electron chi connectivity index (χ0n) is 10.8. The average molecular weight is 259 g/mol. The van der Waals surface area contributed by atoms with Gasteiger partial charge in [0.25, 0.3) is 0 Å². The summed E-state index contributed by atoms with van der Waals surface area (Å²) in [4.78, 5) is 4.48. The summed E-state index contributed by atoms with van der Waals surface area (Å²) >= 11 is 0. The molecule has 0 spiro atoms. The van der Waals surface area contributed by atoms with Gasteiger partial charge in [0.15, 0.2) is 5.82 Å². The number of rotatable bonds is 3. The molecule has 0 amide bonds. The first-order valence-corrected chi connectivity index (χ1v) is 6.53. The number of phenolic OH excluding ortho intramolecular Hbond substituents is 1. The van der Waals surface area contributed by atoms with Crippen LogP contribution in [0.3, 0.4) is 0 Å². The summed E-state index contributed by atoms with van der Waals surface area (Å²) in [5.74, 6) is 2.54. The molecule has 0 aliphatic carbocycles. The Labute approximate surface area is 111 Å². The van der Waals surface area contributed by atoms with Crippen LogP contribution in [0.5, 0.6) is 5.75 Å². The second-order valence-corrected chi connectivity index (χ2v) is 5.13. The largest absolute Gasteiger partial charge is 0.508 e. The fraction of sp³-hybridized carbons (Fsp3) is 0.429. The van der Waals surface area contributed by atoms with Crippen molar-refractivity contribution in [3.8, 4) is 5.75 Å². The molecule has 2 atom stereocenters. The van der Waals surface area contributed by atoms with Crippen LogP contribution in [0, 0.1) is 5.92 Å². The van der Waals surface area contributed by atoms with E-state index in [0.29, 0.717) is 24.1 Å². The van der Waals surface area contributed by atoms with Gasteiger partial charge in [-0.15, -0.1) is 0 Å². The van der Waals surface area contributed by atoms with E-state index < -0.39 is 0 Å². The molecule has 5 nitrogen and oxygen atoms in total. The standard InChI is InChI=1S/C14H17N3O2/c1-9-7-15-8-12(9)14-16-13(17-19-14)6-10-2-4-11(18)5-3-10/h2-5,9,12,15,18H,6-8H2,1H3. The van der Waals surface area contributed by atoms with Gasteiger partial charge in [0.05, 0.1) is 5.92 Å². The van der Waals surface area contributed by atoms with Crippen LogP contribution in [0.1, 0.15) is 30.1 Å². The lowest BCUT2D eigenvalue weighted by Gasteiger charge is -2.07. The fourth-order valence-corrected chi connectivity index (χ4v) is 2.43. The molecule has 0 radical (unpaired) electrons. The molecule has 19 heavy (non-hydrogen) atoms. The van der Waals surface area contributed by atoms with Gasteiger partial charge in [-0.2, -0.15) is 4.98 Å². The lowest BCUT2D eigenvalue weighted by atomic mass is 9.98. The second-order valence-electron chi connectivity index (χ2n) is 5.13. The van der Waals surface area contributed by atoms with Crippen LogP contribution in [0.25, 0.3) is 0 Å². The normalized spacial score (nSPS) is 22.8. The minimum atomic E-state index is 0.267. The highest BCUT2D eigenvalue weighted by molar-refractivity contribution is 5.27. The maximum absolute atomic E-state index is 9.24. The van der Waals surface area contributed by atoms with Crippen LogP contribution in [0.4, 0.5) is 0 Å². The minimum Gasteiger partial charge on any atom is -0.508 e. The summed E-state index contributed by atoms with van der Waals surface area (Å²) in [6.07, 6.45) is 0.623. The van der Waals surface area contributed by atoms with Crippen LogP contribution in [-0.2, 0) is 6.42 Å². The van der Waals surface area contributed by atoms with Crippen molar-refractivity contribution in [1.82, 2.24) is 15.5 Å². The van der Waals surface area contributed by atoms with Crippen molar-refractivity contribution in [2.45, 2.75) is 19.3 Å². The predicted octanol–water partition coefficient (Wildman–Crippen LogP) is 1.69. The van der Waals surface area contributed by atoms with Crippen LogP contribution < -0.4 is 5.32 Å². The molecule has 1 fully saturated rings. The highest BCUT2D eigenvalue weighted by Crippen LogP contribution is 2.26. The van der Waals surface area contributed by atoms with E-state index in [1.165, 1.54) is 0 Å². The fourth-order valence-electron chi connectivity index (χ4n) is 2.43. The average Bonchev–Trinajstić information content (AvgIpc) is 3.01. The third-order valence-corrected chi connectivity index (χ3v) is 3.62. The maximum atomic E-state index is 9.24. The maximum Gasteiger partial charge on any atom is 0.231 e. The van der Waals surface area contributed by atoms with Crippen LogP contribution in [0.15, 0.2) is 28.8 Å².